The average molecular weight is 264 g/mol. The van der Waals surface area contributed by atoms with Gasteiger partial charge < -0.3 is 16.2 Å². The van der Waals surface area contributed by atoms with Crippen LogP contribution in [-0.2, 0) is 6.42 Å². The molecule has 0 bridgehead atoms. The molecule has 0 aliphatic heterocycles. The molecule has 0 aliphatic carbocycles. The number of carbonyl (C=O) groups excluding carboxylic acids is 1. The van der Waals surface area contributed by atoms with Gasteiger partial charge in [0.1, 0.15) is 0 Å². The molecule has 4 nitrogen and oxygen atoms in total. The molecule has 0 heterocycles. The minimum absolute atomic E-state index is 0.0387. The van der Waals surface area contributed by atoms with Crippen molar-refractivity contribution in [3.63, 3.8) is 0 Å². The number of nitrogens with one attached hydrogen (secondary N) is 1. The Morgan fingerprint density at radius 3 is 2.63 bits per heavy atom. The Hall–Kier alpha value is -1.39. The highest BCUT2D eigenvalue weighted by molar-refractivity contribution is 5.95. The van der Waals surface area contributed by atoms with Crippen LogP contribution in [0.1, 0.15) is 36.2 Å². The fourth-order valence-corrected chi connectivity index (χ4v) is 2.13. The lowest BCUT2D eigenvalue weighted by atomic mass is 10.0. The molecule has 19 heavy (non-hydrogen) atoms. The second-order valence-corrected chi connectivity index (χ2v) is 5.18. The number of nitrogens with two attached hydrogens (primary N) is 1. The SMILES string of the molecule is CC(C)CC(CO)NC(=O)c1ccccc1CCN. The molecule has 0 aliphatic rings. The van der Waals surface area contributed by atoms with Crippen molar-refractivity contribution in [1.82, 2.24) is 5.32 Å². The Kier molecular flexibility index (Phi) is 6.53. The maximum absolute atomic E-state index is 12.2. The van der Waals surface area contributed by atoms with Crippen LogP contribution in [0.15, 0.2) is 24.3 Å². The number of aliphatic hydroxyl groups is 1. The molecule has 1 amide bonds. The van der Waals surface area contributed by atoms with Crippen LogP contribution in [0.4, 0.5) is 0 Å². The summed E-state index contributed by atoms with van der Waals surface area (Å²) in [4.78, 5) is 12.2. The van der Waals surface area contributed by atoms with Crippen LogP contribution in [0, 0.1) is 5.92 Å². The molecular weight excluding hydrogens is 240 g/mol. The smallest absolute Gasteiger partial charge is 0.251 e. The van der Waals surface area contributed by atoms with Crippen LogP contribution < -0.4 is 11.1 Å². The van der Waals surface area contributed by atoms with Gasteiger partial charge in [0.2, 0.25) is 0 Å². The molecule has 1 atom stereocenters. The number of hydrogen-bond acceptors (Lipinski definition) is 3. The van der Waals surface area contributed by atoms with Crippen LogP contribution >= 0.6 is 0 Å². The van der Waals surface area contributed by atoms with E-state index in [0.29, 0.717) is 24.4 Å². The van der Waals surface area contributed by atoms with Crippen LogP contribution in [0.2, 0.25) is 0 Å². The second kappa shape index (κ2) is 7.92. The minimum atomic E-state index is -0.196. The van der Waals surface area contributed by atoms with Crippen LogP contribution in [0.25, 0.3) is 0 Å². The first-order chi connectivity index (χ1) is 9.08. The number of carbonyl (C=O) groups is 1. The quantitative estimate of drug-likeness (QED) is 0.695. The van der Waals surface area contributed by atoms with E-state index in [2.05, 4.69) is 19.2 Å². The van der Waals surface area contributed by atoms with Crippen molar-refractivity contribution in [2.24, 2.45) is 11.7 Å². The Labute approximate surface area is 115 Å². The summed E-state index contributed by atoms with van der Waals surface area (Å²) in [5, 5.41) is 12.2. The Balaban J connectivity index is 2.76. The normalized spacial score (nSPS) is 12.5. The molecule has 106 valence electrons. The number of rotatable bonds is 7. The molecule has 0 saturated heterocycles. The predicted molar refractivity (Wildman–Crippen MR) is 77.0 cm³/mol. The van der Waals surface area contributed by atoms with E-state index in [-0.39, 0.29) is 18.6 Å². The summed E-state index contributed by atoms with van der Waals surface area (Å²) in [5.41, 5.74) is 7.15. The first kappa shape index (κ1) is 15.7. The van der Waals surface area contributed by atoms with E-state index < -0.39 is 0 Å². The van der Waals surface area contributed by atoms with Crippen LogP contribution in [-0.4, -0.2) is 30.2 Å². The van der Waals surface area contributed by atoms with Gasteiger partial charge in [0, 0.05) is 5.56 Å². The lowest BCUT2D eigenvalue weighted by Gasteiger charge is -2.19. The van der Waals surface area contributed by atoms with E-state index in [1.807, 2.05) is 18.2 Å². The number of hydrogen-bond donors (Lipinski definition) is 3. The molecule has 4 N–H and O–H groups in total. The minimum Gasteiger partial charge on any atom is -0.394 e. The topological polar surface area (TPSA) is 75.3 Å². The molecule has 1 aromatic rings. The first-order valence-corrected chi connectivity index (χ1v) is 6.78. The van der Waals surface area contributed by atoms with E-state index in [1.54, 1.807) is 6.07 Å². The molecule has 1 rings (SSSR count). The molecule has 1 aromatic carbocycles. The average Bonchev–Trinajstić information content (AvgIpc) is 2.38. The van der Waals surface area contributed by atoms with Gasteiger partial charge in [0.15, 0.2) is 0 Å². The Morgan fingerprint density at radius 2 is 2.05 bits per heavy atom. The van der Waals surface area contributed by atoms with Gasteiger partial charge in [-0.15, -0.1) is 0 Å². The Morgan fingerprint density at radius 1 is 1.37 bits per heavy atom. The van der Waals surface area contributed by atoms with E-state index in [1.165, 1.54) is 0 Å². The third-order valence-electron chi connectivity index (χ3n) is 2.99. The monoisotopic (exact) mass is 264 g/mol. The molecule has 0 fully saturated rings. The van der Waals surface area contributed by atoms with Gasteiger partial charge in [-0.25, -0.2) is 0 Å². The van der Waals surface area contributed by atoms with Gasteiger partial charge >= 0.3 is 0 Å². The lowest BCUT2D eigenvalue weighted by molar-refractivity contribution is 0.0907. The van der Waals surface area contributed by atoms with Crippen LogP contribution in [0.3, 0.4) is 0 Å². The summed E-state index contributed by atoms with van der Waals surface area (Å²) in [6.07, 6.45) is 1.44. The van der Waals surface area contributed by atoms with Gasteiger partial charge in [-0.3, -0.25) is 4.79 Å². The number of amides is 1. The van der Waals surface area contributed by atoms with Crippen molar-refractivity contribution < 1.29 is 9.90 Å². The zero-order valence-corrected chi connectivity index (χ0v) is 11.7. The van der Waals surface area contributed by atoms with Gasteiger partial charge in [-0.2, -0.15) is 0 Å². The third-order valence-corrected chi connectivity index (χ3v) is 2.99. The van der Waals surface area contributed by atoms with Gasteiger partial charge in [-0.05, 0) is 36.9 Å². The van der Waals surface area contributed by atoms with Crippen molar-refractivity contribution in [2.75, 3.05) is 13.2 Å². The van der Waals surface area contributed by atoms with Crippen LogP contribution in [0.5, 0.6) is 0 Å². The van der Waals surface area contributed by atoms with Crippen molar-refractivity contribution in [1.29, 1.82) is 0 Å². The summed E-state index contributed by atoms with van der Waals surface area (Å²) in [6.45, 7) is 4.61. The summed E-state index contributed by atoms with van der Waals surface area (Å²) < 4.78 is 0. The third kappa shape index (κ3) is 5.01. The standard InChI is InChI=1S/C15H24N2O2/c1-11(2)9-13(10-18)17-15(19)14-6-4-3-5-12(14)7-8-16/h3-6,11,13,18H,7-10,16H2,1-2H3,(H,17,19). The Bertz CT molecular complexity index is 405. The molecule has 0 radical (unpaired) electrons. The zero-order valence-electron chi connectivity index (χ0n) is 11.7. The number of benzene rings is 1. The zero-order chi connectivity index (χ0) is 14.3. The van der Waals surface area contributed by atoms with Gasteiger partial charge in [0.05, 0.1) is 12.6 Å². The van der Waals surface area contributed by atoms with Crippen molar-refractivity contribution >= 4 is 5.91 Å². The first-order valence-electron chi connectivity index (χ1n) is 6.78. The van der Waals surface area contributed by atoms with E-state index in [9.17, 15) is 9.90 Å². The fourth-order valence-electron chi connectivity index (χ4n) is 2.13. The van der Waals surface area contributed by atoms with E-state index in [4.69, 9.17) is 5.73 Å². The van der Waals surface area contributed by atoms with E-state index >= 15 is 0 Å². The highest BCUT2D eigenvalue weighted by atomic mass is 16.3. The summed E-state index contributed by atoms with van der Waals surface area (Å²) >= 11 is 0. The summed E-state index contributed by atoms with van der Waals surface area (Å²) in [7, 11) is 0. The van der Waals surface area contributed by atoms with Gasteiger partial charge in [-0.1, -0.05) is 32.0 Å². The molecule has 1 unspecified atom stereocenters. The second-order valence-electron chi connectivity index (χ2n) is 5.18. The predicted octanol–water partition coefficient (Wildman–Crippen LogP) is 1.32. The van der Waals surface area contributed by atoms with Crippen molar-refractivity contribution in [3.05, 3.63) is 35.4 Å². The van der Waals surface area contributed by atoms with Crippen molar-refractivity contribution in [2.45, 2.75) is 32.7 Å². The lowest BCUT2D eigenvalue weighted by Crippen LogP contribution is -2.38. The highest BCUT2D eigenvalue weighted by Gasteiger charge is 2.16. The summed E-state index contributed by atoms with van der Waals surface area (Å²) in [5.74, 6) is 0.292. The summed E-state index contributed by atoms with van der Waals surface area (Å²) in [6, 6.07) is 7.26. The number of aliphatic hydroxyl groups excluding tert-OH is 1. The fraction of sp³-hybridized carbons (Fsp3) is 0.533. The van der Waals surface area contributed by atoms with Gasteiger partial charge in [0.25, 0.3) is 5.91 Å². The largest absolute Gasteiger partial charge is 0.394 e. The highest BCUT2D eigenvalue weighted by Crippen LogP contribution is 2.11. The molecular formula is C15H24N2O2. The maximum atomic E-state index is 12.2. The van der Waals surface area contributed by atoms with E-state index in [0.717, 1.165) is 12.0 Å². The van der Waals surface area contributed by atoms with Crippen molar-refractivity contribution in [3.8, 4) is 0 Å². The maximum Gasteiger partial charge on any atom is 0.251 e. The molecule has 0 saturated carbocycles. The molecule has 0 spiro atoms. The molecule has 4 heteroatoms. The molecule has 0 aromatic heterocycles.